The van der Waals surface area contributed by atoms with Gasteiger partial charge in [-0.3, -0.25) is 19.2 Å². The number of cyclic esters (lactones) is 1. The summed E-state index contributed by atoms with van der Waals surface area (Å²) in [6.45, 7) is 6.10. The molecule has 4 atom stereocenters. The molecule has 0 radical (unpaired) electrons. The maximum Gasteiger partial charge on any atom is 0.310 e. The largest absolute Gasteiger partial charge is 0.433 e. The predicted molar refractivity (Wildman–Crippen MR) is 149 cm³/mol. The van der Waals surface area contributed by atoms with E-state index < -0.39 is 47.6 Å². The lowest BCUT2D eigenvalue weighted by Crippen LogP contribution is -2.58. The Balaban J connectivity index is 1.43. The summed E-state index contributed by atoms with van der Waals surface area (Å²) in [5.41, 5.74) is 6.61. The van der Waals surface area contributed by atoms with Gasteiger partial charge < -0.3 is 30.7 Å². The normalized spacial score (nSPS) is 21.6. The number of halogens is 1. The van der Waals surface area contributed by atoms with Crippen molar-refractivity contribution in [2.24, 2.45) is 5.41 Å². The van der Waals surface area contributed by atoms with Gasteiger partial charge in [0.05, 0.1) is 23.7 Å². The van der Waals surface area contributed by atoms with Gasteiger partial charge in [-0.25, -0.2) is 0 Å². The fourth-order valence-corrected chi connectivity index (χ4v) is 5.02. The summed E-state index contributed by atoms with van der Waals surface area (Å²) in [5, 5.41) is 5.93. The lowest BCUT2D eigenvalue weighted by Gasteiger charge is -2.35. The third-order valence-electron chi connectivity index (χ3n) is 7.04. The number of nitrogens with two attached hydrogens (primary N) is 1. The number of rotatable bonds is 8. The van der Waals surface area contributed by atoms with Gasteiger partial charge in [0.1, 0.15) is 18.1 Å². The van der Waals surface area contributed by atoms with Crippen molar-refractivity contribution < 1.29 is 28.7 Å². The van der Waals surface area contributed by atoms with Crippen LogP contribution in [0.4, 0.5) is 5.69 Å². The molecule has 2 aliphatic rings. The maximum atomic E-state index is 13.8. The number of nitrogens with zero attached hydrogens (tertiary/aromatic N) is 1. The number of hydrogen-bond donors (Lipinski definition) is 3. The third-order valence-corrected chi connectivity index (χ3v) is 7.36. The molecule has 4 rings (SSSR count). The first kappa shape index (κ1) is 29.4. The monoisotopic (exact) mass is 570 g/mol. The highest BCUT2D eigenvalue weighted by molar-refractivity contribution is 6.33. The number of nitrogens with one attached hydrogen (secondary N) is 2. The number of anilines is 1. The van der Waals surface area contributed by atoms with E-state index in [1.54, 1.807) is 0 Å². The number of carbonyl (C=O) groups excluding carboxylic acids is 4. The average molecular weight is 571 g/mol. The van der Waals surface area contributed by atoms with Crippen molar-refractivity contribution in [1.82, 2.24) is 15.5 Å². The van der Waals surface area contributed by atoms with Crippen molar-refractivity contribution in [1.29, 1.82) is 0 Å². The van der Waals surface area contributed by atoms with Gasteiger partial charge >= 0.3 is 5.97 Å². The Kier molecular flexibility index (Phi) is 9.00. The summed E-state index contributed by atoms with van der Waals surface area (Å²) in [7, 11) is 0. The van der Waals surface area contributed by atoms with Crippen molar-refractivity contribution in [2.75, 3.05) is 12.3 Å². The predicted octanol–water partition coefficient (Wildman–Crippen LogP) is 3.03. The molecule has 10 nitrogen and oxygen atoms in total. The highest BCUT2D eigenvalue weighted by Gasteiger charge is 2.44. The van der Waals surface area contributed by atoms with E-state index in [0.29, 0.717) is 25.1 Å². The Labute approximate surface area is 238 Å². The zero-order chi connectivity index (χ0) is 29.0. The molecule has 40 heavy (non-hydrogen) atoms. The number of amides is 3. The van der Waals surface area contributed by atoms with E-state index in [0.717, 1.165) is 5.56 Å². The molecular weight excluding hydrogens is 536 g/mol. The molecule has 0 bridgehead atoms. The van der Waals surface area contributed by atoms with Gasteiger partial charge in [0.25, 0.3) is 5.91 Å². The molecule has 214 valence electrons. The van der Waals surface area contributed by atoms with Crippen molar-refractivity contribution >= 4 is 41.0 Å². The van der Waals surface area contributed by atoms with Crippen LogP contribution in [-0.4, -0.2) is 59.6 Å². The quantitative estimate of drug-likeness (QED) is 0.327. The molecule has 11 heteroatoms. The lowest BCUT2D eigenvalue weighted by atomic mass is 9.85. The van der Waals surface area contributed by atoms with Gasteiger partial charge in [0.2, 0.25) is 18.1 Å². The van der Waals surface area contributed by atoms with Crippen LogP contribution in [0.3, 0.4) is 0 Å². The zero-order valence-corrected chi connectivity index (χ0v) is 23.6. The van der Waals surface area contributed by atoms with Gasteiger partial charge in [-0.1, -0.05) is 62.7 Å². The van der Waals surface area contributed by atoms with Crippen molar-refractivity contribution in [3.8, 4) is 0 Å². The van der Waals surface area contributed by atoms with Crippen molar-refractivity contribution in [3.63, 3.8) is 0 Å². The Morgan fingerprint density at radius 2 is 1.90 bits per heavy atom. The van der Waals surface area contributed by atoms with E-state index in [9.17, 15) is 19.2 Å². The molecule has 2 aromatic carbocycles. The number of carbonyl (C=O) groups is 4. The summed E-state index contributed by atoms with van der Waals surface area (Å²) in [6.07, 6.45) is 0.107. The summed E-state index contributed by atoms with van der Waals surface area (Å²) in [6, 6.07) is 11.6. The Hall–Kier alpha value is -3.63. The topological polar surface area (TPSA) is 140 Å². The molecule has 2 aromatic rings. The van der Waals surface area contributed by atoms with Gasteiger partial charge in [-0.2, -0.15) is 0 Å². The van der Waals surface area contributed by atoms with E-state index in [1.807, 2.05) is 51.1 Å². The van der Waals surface area contributed by atoms with Gasteiger partial charge in [-0.15, -0.1) is 0 Å². The molecule has 2 saturated heterocycles. The van der Waals surface area contributed by atoms with Crippen LogP contribution in [0.25, 0.3) is 0 Å². The van der Waals surface area contributed by atoms with Crippen LogP contribution in [0, 0.1) is 5.41 Å². The second kappa shape index (κ2) is 12.3. The molecule has 0 aromatic heterocycles. The standard InChI is InChI=1S/C29H35ClN4O6/c1-29(2,3)24(33-25(36)18-11-12-20(31)19(30)14-18)27(38)34-13-7-10-22(34)26(37)32-21-15-23(35)40-28(21)39-16-17-8-5-4-6-9-17/h4-6,8-9,11-12,14,21-22,24,28H,7,10,13,15-16,31H2,1-3H3,(H,32,37)(H,33,36)/t21-,22-,24+,28?/m0/s1. The number of hydrogen-bond acceptors (Lipinski definition) is 7. The Morgan fingerprint density at radius 1 is 1.18 bits per heavy atom. The zero-order valence-electron chi connectivity index (χ0n) is 22.8. The first-order valence-corrected chi connectivity index (χ1v) is 13.6. The number of nitrogen functional groups attached to an aromatic ring is 1. The minimum absolute atomic E-state index is 0.0311. The summed E-state index contributed by atoms with van der Waals surface area (Å²) < 4.78 is 11.1. The first-order valence-electron chi connectivity index (χ1n) is 13.3. The highest BCUT2D eigenvalue weighted by atomic mass is 35.5. The first-order chi connectivity index (χ1) is 18.9. The fourth-order valence-electron chi connectivity index (χ4n) is 4.84. The molecule has 0 saturated carbocycles. The molecule has 2 fully saturated rings. The lowest BCUT2D eigenvalue weighted by molar-refractivity contribution is -0.168. The highest BCUT2D eigenvalue weighted by Crippen LogP contribution is 2.28. The number of benzene rings is 2. The SMILES string of the molecule is CC(C)(C)[C@H](NC(=O)c1ccc(N)c(Cl)c1)C(=O)N1CCC[C@H]1C(=O)N[C@H]1CC(=O)OC1OCc1ccccc1. The van der Waals surface area contributed by atoms with Crippen LogP contribution in [0.1, 0.15) is 56.0 Å². The second-order valence-corrected chi connectivity index (χ2v) is 11.6. The minimum Gasteiger partial charge on any atom is -0.433 e. The van der Waals surface area contributed by atoms with Gasteiger partial charge in [-0.05, 0) is 42.0 Å². The average Bonchev–Trinajstić information content (AvgIpc) is 3.53. The van der Waals surface area contributed by atoms with E-state index in [4.69, 9.17) is 26.8 Å². The molecule has 0 spiro atoms. The Bertz CT molecular complexity index is 1260. The van der Waals surface area contributed by atoms with Crippen LogP contribution >= 0.6 is 11.6 Å². The smallest absolute Gasteiger partial charge is 0.310 e. The fraction of sp³-hybridized carbons (Fsp3) is 0.448. The van der Waals surface area contributed by atoms with E-state index in [-0.39, 0.29) is 29.5 Å². The minimum atomic E-state index is -0.935. The molecular formula is C29H35ClN4O6. The number of likely N-dealkylation sites (tertiary alicyclic amines) is 1. The molecule has 1 unspecified atom stereocenters. The van der Waals surface area contributed by atoms with E-state index >= 15 is 0 Å². The van der Waals surface area contributed by atoms with Crippen LogP contribution in [-0.2, 0) is 30.5 Å². The third kappa shape index (κ3) is 6.92. The molecule has 0 aliphatic carbocycles. The maximum absolute atomic E-state index is 13.8. The van der Waals surface area contributed by atoms with Crippen LogP contribution in [0.2, 0.25) is 5.02 Å². The summed E-state index contributed by atoms with van der Waals surface area (Å²) in [4.78, 5) is 53.8. The Morgan fingerprint density at radius 3 is 2.58 bits per heavy atom. The molecule has 2 aliphatic heterocycles. The summed E-state index contributed by atoms with van der Waals surface area (Å²) >= 11 is 6.08. The van der Waals surface area contributed by atoms with E-state index in [1.165, 1.54) is 23.1 Å². The van der Waals surface area contributed by atoms with Gasteiger partial charge in [0, 0.05) is 12.1 Å². The molecule has 3 amide bonds. The van der Waals surface area contributed by atoms with Gasteiger partial charge in [0.15, 0.2) is 0 Å². The van der Waals surface area contributed by atoms with Crippen LogP contribution in [0.5, 0.6) is 0 Å². The molecule has 4 N–H and O–H groups in total. The van der Waals surface area contributed by atoms with Crippen LogP contribution < -0.4 is 16.4 Å². The van der Waals surface area contributed by atoms with Crippen molar-refractivity contribution in [2.45, 2.75) is 71.1 Å². The van der Waals surface area contributed by atoms with E-state index in [2.05, 4.69) is 10.6 Å². The second-order valence-electron chi connectivity index (χ2n) is 11.2. The number of ether oxygens (including phenoxy) is 2. The number of esters is 1. The summed E-state index contributed by atoms with van der Waals surface area (Å²) in [5.74, 6) is -1.71. The van der Waals surface area contributed by atoms with Crippen LogP contribution in [0.15, 0.2) is 48.5 Å². The van der Waals surface area contributed by atoms with Crippen molar-refractivity contribution in [3.05, 3.63) is 64.7 Å². The molecule has 2 heterocycles.